The van der Waals surface area contributed by atoms with Crippen molar-refractivity contribution in [3.8, 4) is 0 Å². The van der Waals surface area contributed by atoms with E-state index in [1.54, 1.807) is 12.7 Å². The van der Waals surface area contributed by atoms with Crippen molar-refractivity contribution in [1.82, 2.24) is 39.9 Å². The normalized spacial score (nSPS) is 16.6. The van der Waals surface area contributed by atoms with E-state index in [0.717, 1.165) is 86.5 Å². The number of nitrogens with zero attached hydrogens (tertiary/aromatic N) is 8. The van der Waals surface area contributed by atoms with Crippen molar-refractivity contribution < 1.29 is 0 Å². The predicted molar refractivity (Wildman–Crippen MR) is 131 cm³/mol. The Morgan fingerprint density at radius 1 is 0.971 bits per heavy atom. The van der Waals surface area contributed by atoms with Gasteiger partial charge in [0.15, 0.2) is 5.82 Å². The van der Waals surface area contributed by atoms with Crippen LogP contribution in [-0.4, -0.2) is 67.3 Å². The Balaban J connectivity index is 1.21. The zero-order valence-corrected chi connectivity index (χ0v) is 19.3. The highest BCUT2D eigenvalue weighted by Gasteiger charge is 2.18. The topological polar surface area (TPSA) is 99.9 Å². The van der Waals surface area contributed by atoms with Gasteiger partial charge in [0.2, 0.25) is 0 Å². The molecule has 0 spiro atoms. The average molecular weight is 457 g/mol. The van der Waals surface area contributed by atoms with E-state index in [1.807, 2.05) is 16.8 Å². The maximum Gasteiger partial charge on any atom is 0.160 e. The van der Waals surface area contributed by atoms with Crippen molar-refractivity contribution in [3.05, 3.63) is 59.9 Å². The SMILES string of the molecule is Cc1cc(Nc2ncnc3ccc(N4CCNCC4)nc23)ccc1CN1CCn2ncnc2C1. The number of hydrogen-bond acceptors (Lipinski definition) is 9. The van der Waals surface area contributed by atoms with E-state index in [4.69, 9.17) is 4.98 Å². The molecule has 2 aliphatic heterocycles. The van der Waals surface area contributed by atoms with Crippen molar-refractivity contribution in [2.75, 3.05) is 42.9 Å². The third kappa shape index (κ3) is 4.17. The number of anilines is 3. The fourth-order valence-corrected chi connectivity index (χ4v) is 4.67. The van der Waals surface area contributed by atoms with Crippen molar-refractivity contribution in [2.45, 2.75) is 26.6 Å². The average Bonchev–Trinajstić information content (AvgIpc) is 3.34. The highest BCUT2D eigenvalue weighted by atomic mass is 15.4. The number of rotatable bonds is 5. The molecule has 1 saturated heterocycles. The summed E-state index contributed by atoms with van der Waals surface area (Å²) in [6, 6.07) is 10.6. The van der Waals surface area contributed by atoms with E-state index in [-0.39, 0.29) is 0 Å². The van der Waals surface area contributed by atoms with E-state index in [2.05, 4.69) is 65.6 Å². The molecule has 6 rings (SSSR count). The summed E-state index contributed by atoms with van der Waals surface area (Å²) >= 11 is 0. The van der Waals surface area contributed by atoms with E-state index in [0.29, 0.717) is 0 Å². The molecule has 5 heterocycles. The molecule has 0 radical (unpaired) electrons. The van der Waals surface area contributed by atoms with Crippen molar-refractivity contribution in [2.24, 2.45) is 0 Å². The lowest BCUT2D eigenvalue weighted by atomic mass is 10.1. The first-order chi connectivity index (χ1) is 16.7. The first-order valence-corrected chi connectivity index (χ1v) is 11.8. The molecule has 0 aliphatic carbocycles. The zero-order chi connectivity index (χ0) is 22.9. The monoisotopic (exact) mass is 456 g/mol. The Hall–Kier alpha value is -3.63. The second-order valence-corrected chi connectivity index (χ2v) is 8.87. The minimum Gasteiger partial charge on any atom is -0.354 e. The van der Waals surface area contributed by atoms with Crippen LogP contribution in [0.2, 0.25) is 0 Å². The van der Waals surface area contributed by atoms with Crippen molar-refractivity contribution in [3.63, 3.8) is 0 Å². The Morgan fingerprint density at radius 2 is 1.88 bits per heavy atom. The Kier molecular flexibility index (Phi) is 5.52. The third-order valence-corrected chi connectivity index (χ3v) is 6.60. The summed E-state index contributed by atoms with van der Waals surface area (Å²) in [5, 5.41) is 11.1. The van der Waals surface area contributed by atoms with E-state index in [9.17, 15) is 0 Å². The fraction of sp³-hybridized carbons (Fsp3) is 0.375. The highest BCUT2D eigenvalue weighted by Crippen LogP contribution is 2.26. The number of aryl methyl sites for hydroxylation is 1. The van der Waals surface area contributed by atoms with Crippen LogP contribution in [0.15, 0.2) is 43.0 Å². The van der Waals surface area contributed by atoms with Gasteiger partial charge >= 0.3 is 0 Å². The molecule has 3 aromatic heterocycles. The smallest absolute Gasteiger partial charge is 0.160 e. The molecule has 0 unspecified atom stereocenters. The lowest BCUT2D eigenvalue weighted by molar-refractivity contribution is 0.201. The quantitative estimate of drug-likeness (QED) is 0.468. The van der Waals surface area contributed by atoms with E-state index < -0.39 is 0 Å². The predicted octanol–water partition coefficient (Wildman–Crippen LogP) is 2.09. The fourth-order valence-electron chi connectivity index (χ4n) is 4.67. The van der Waals surface area contributed by atoms with Crippen molar-refractivity contribution in [1.29, 1.82) is 0 Å². The molecular formula is C24H28N10. The van der Waals surface area contributed by atoms with E-state index in [1.165, 1.54) is 11.1 Å². The second-order valence-electron chi connectivity index (χ2n) is 8.87. The molecule has 0 saturated carbocycles. The number of piperazine rings is 1. The zero-order valence-electron chi connectivity index (χ0n) is 19.3. The first-order valence-electron chi connectivity index (χ1n) is 11.8. The molecule has 0 atom stereocenters. The van der Waals surface area contributed by atoms with Gasteiger partial charge in [-0.2, -0.15) is 5.10 Å². The lowest BCUT2D eigenvalue weighted by Gasteiger charge is -2.28. The first kappa shape index (κ1) is 20.9. The summed E-state index contributed by atoms with van der Waals surface area (Å²) in [6.45, 7) is 9.58. The van der Waals surface area contributed by atoms with Crippen LogP contribution in [0.4, 0.5) is 17.3 Å². The Morgan fingerprint density at radius 3 is 2.76 bits per heavy atom. The van der Waals surface area contributed by atoms with Crippen LogP contribution in [-0.2, 0) is 19.6 Å². The van der Waals surface area contributed by atoms with Gasteiger partial charge in [-0.25, -0.2) is 24.6 Å². The standard InChI is InChI=1S/C24H28N10/c1-17-12-19(3-2-18(17)13-32-10-11-34-22(14-32)27-16-29-34)30-24-23-20(26-15-28-24)4-5-21(31-23)33-8-6-25-7-9-33/h2-5,12,15-16,25H,6-11,13-14H2,1H3,(H,26,28,30). The maximum atomic E-state index is 4.92. The summed E-state index contributed by atoms with van der Waals surface area (Å²) in [4.78, 5) is 22.9. The highest BCUT2D eigenvalue weighted by molar-refractivity contribution is 5.88. The minimum absolute atomic E-state index is 0.726. The number of aromatic nitrogens is 6. The number of fused-ring (bicyclic) bond motifs is 2. The van der Waals surface area contributed by atoms with Gasteiger partial charge in [0.05, 0.1) is 18.6 Å². The second kappa shape index (κ2) is 8.96. The van der Waals surface area contributed by atoms with Gasteiger partial charge in [-0.3, -0.25) is 4.90 Å². The number of hydrogen-bond donors (Lipinski definition) is 2. The maximum absolute atomic E-state index is 4.92. The van der Waals surface area contributed by atoms with Crippen LogP contribution in [0.1, 0.15) is 17.0 Å². The van der Waals surface area contributed by atoms with E-state index >= 15 is 0 Å². The van der Waals surface area contributed by atoms with Gasteiger partial charge in [-0.1, -0.05) is 6.07 Å². The van der Waals surface area contributed by atoms with Crippen LogP contribution >= 0.6 is 0 Å². The molecule has 2 aliphatic rings. The molecule has 0 bridgehead atoms. The van der Waals surface area contributed by atoms with Crippen LogP contribution in [0, 0.1) is 6.92 Å². The summed E-state index contributed by atoms with van der Waals surface area (Å²) in [5.74, 6) is 2.73. The summed E-state index contributed by atoms with van der Waals surface area (Å²) < 4.78 is 1.99. The lowest BCUT2D eigenvalue weighted by Crippen LogP contribution is -2.43. The van der Waals surface area contributed by atoms with Gasteiger partial charge < -0.3 is 15.5 Å². The molecule has 4 aromatic rings. The summed E-state index contributed by atoms with van der Waals surface area (Å²) in [5.41, 5.74) is 5.17. The largest absolute Gasteiger partial charge is 0.354 e. The van der Waals surface area contributed by atoms with Crippen LogP contribution in [0.25, 0.3) is 11.0 Å². The minimum atomic E-state index is 0.726. The number of pyridine rings is 1. The Bertz CT molecular complexity index is 1310. The number of nitrogens with one attached hydrogen (secondary N) is 2. The van der Waals surface area contributed by atoms with Gasteiger partial charge in [-0.05, 0) is 42.3 Å². The van der Waals surface area contributed by atoms with Crippen molar-refractivity contribution >= 4 is 28.4 Å². The van der Waals surface area contributed by atoms with Crippen LogP contribution in [0.3, 0.4) is 0 Å². The summed E-state index contributed by atoms with van der Waals surface area (Å²) in [6.07, 6.45) is 3.23. The van der Waals surface area contributed by atoms with Gasteiger partial charge in [0.1, 0.15) is 29.8 Å². The number of benzene rings is 1. The molecule has 10 heteroatoms. The Labute approximate surface area is 198 Å². The molecule has 34 heavy (non-hydrogen) atoms. The molecule has 1 fully saturated rings. The molecule has 2 N–H and O–H groups in total. The van der Waals surface area contributed by atoms with Crippen LogP contribution in [0.5, 0.6) is 0 Å². The van der Waals surface area contributed by atoms with Gasteiger partial charge in [-0.15, -0.1) is 0 Å². The van der Waals surface area contributed by atoms with Gasteiger partial charge in [0, 0.05) is 45.0 Å². The molecule has 174 valence electrons. The third-order valence-electron chi connectivity index (χ3n) is 6.60. The molecule has 10 nitrogen and oxygen atoms in total. The van der Waals surface area contributed by atoms with Gasteiger partial charge in [0.25, 0.3) is 0 Å². The summed E-state index contributed by atoms with van der Waals surface area (Å²) in [7, 11) is 0. The molecular weight excluding hydrogens is 428 g/mol. The molecule has 1 aromatic carbocycles. The molecule has 0 amide bonds. The van der Waals surface area contributed by atoms with Crippen LogP contribution < -0.4 is 15.5 Å².